The van der Waals surface area contributed by atoms with Gasteiger partial charge in [-0.25, -0.2) is 12.7 Å². The fraction of sp³-hybridized carbons (Fsp3) is 0.571. The summed E-state index contributed by atoms with van der Waals surface area (Å²) in [6.07, 6.45) is 1.71. The summed E-state index contributed by atoms with van der Waals surface area (Å²) in [5, 5.41) is 3.04. The molecule has 0 radical (unpaired) electrons. The fourth-order valence-corrected chi connectivity index (χ4v) is 3.02. The molecule has 0 aliphatic carbocycles. The molecule has 0 heterocycles. The quantitative estimate of drug-likeness (QED) is 0.705. The summed E-state index contributed by atoms with van der Waals surface area (Å²) in [6, 6.07) is 6.59. The van der Waals surface area contributed by atoms with E-state index in [0.29, 0.717) is 23.8 Å². The molecule has 0 bridgehead atoms. The first kappa shape index (κ1) is 16.9. The van der Waals surface area contributed by atoms with E-state index in [1.807, 2.05) is 14.0 Å². The van der Waals surface area contributed by atoms with Crippen LogP contribution in [0.3, 0.4) is 0 Å². The molecule has 0 aliphatic heterocycles. The van der Waals surface area contributed by atoms with Gasteiger partial charge in [0.1, 0.15) is 5.75 Å². The summed E-state index contributed by atoms with van der Waals surface area (Å²) in [7, 11) is 0.114. The molecule has 20 heavy (non-hydrogen) atoms. The molecule has 1 aromatic carbocycles. The Bertz CT molecular complexity index is 486. The van der Waals surface area contributed by atoms with Crippen molar-refractivity contribution < 1.29 is 13.2 Å². The third kappa shape index (κ3) is 4.77. The standard InChI is InChI=1S/C14H24N2O3S/c1-4-11-16(3)20(17,18)14-8-6-13(7-9-14)19-12-5-10-15-2/h6-9,15H,4-5,10-12H2,1-3H3. The minimum absolute atomic E-state index is 0.302. The molecule has 114 valence electrons. The number of nitrogens with zero attached hydrogens (tertiary/aromatic N) is 1. The maximum atomic E-state index is 12.2. The predicted molar refractivity (Wildman–Crippen MR) is 80.6 cm³/mol. The van der Waals surface area contributed by atoms with Gasteiger partial charge in [0.05, 0.1) is 11.5 Å². The van der Waals surface area contributed by atoms with Crippen LogP contribution in [0.25, 0.3) is 0 Å². The lowest BCUT2D eigenvalue weighted by Gasteiger charge is -2.16. The molecule has 0 fully saturated rings. The molecule has 0 spiro atoms. The lowest BCUT2D eigenvalue weighted by molar-refractivity contribution is 0.309. The molecule has 6 heteroatoms. The Morgan fingerprint density at radius 2 is 1.90 bits per heavy atom. The van der Waals surface area contributed by atoms with Gasteiger partial charge in [-0.1, -0.05) is 6.92 Å². The normalized spacial score (nSPS) is 11.8. The van der Waals surface area contributed by atoms with Gasteiger partial charge in [-0.05, 0) is 50.7 Å². The van der Waals surface area contributed by atoms with E-state index >= 15 is 0 Å². The van der Waals surface area contributed by atoms with Crippen molar-refractivity contribution in [1.82, 2.24) is 9.62 Å². The van der Waals surface area contributed by atoms with E-state index in [9.17, 15) is 8.42 Å². The van der Waals surface area contributed by atoms with Crippen molar-refractivity contribution >= 4 is 10.0 Å². The molecule has 1 aromatic rings. The zero-order valence-corrected chi connectivity index (χ0v) is 13.2. The van der Waals surface area contributed by atoms with Crippen LogP contribution >= 0.6 is 0 Å². The van der Waals surface area contributed by atoms with Crippen LogP contribution in [-0.4, -0.2) is 46.5 Å². The van der Waals surface area contributed by atoms with Crippen LogP contribution < -0.4 is 10.1 Å². The number of hydrogen-bond acceptors (Lipinski definition) is 4. The number of ether oxygens (including phenoxy) is 1. The van der Waals surface area contributed by atoms with Gasteiger partial charge in [0.25, 0.3) is 0 Å². The molecule has 0 aliphatic rings. The molecule has 0 unspecified atom stereocenters. The highest BCUT2D eigenvalue weighted by molar-refractivity contribution is 7.89. The summed E-state index contributed by atoms with van der Waals surface area (Å²) < 4.78 is 31.3. The zero-order chi connectivity index (χ0) is 15.0. The van der Waals surface area contributed by atoms with Crippen molar-refractivity contribution in [2.75, 3.05) is 33.8 Å². The van der Waals surface area contributed by atoms with Crippen molar-refractivity contribution in [1.29, 1.82) is 0 Å². The Morgan fingerprint density at radius 3 is 2.45 bits per heavy atom. The van der Waals surface area contributed by atoms with Crippen LogP contribution in [0.2, 0.25) is 0 Å². The number of benzene rings is 1. The highest BCUT2D eigenvalue weighted by Gasteiger charge is 2.19. The van der Waals surface area contributed by atoms with Crippen molar-refractivity contribution in [3.63, 3.8) is 0 Å². The number of nitrogens with one attached hydrogen (secondary N) is 1. The van der Waals surface area contributed by atoms with Gasteiger partial charge in [-0.15, -0.1) is 0 Å². The monoisotopic (exact) mass is 300 g/mol. The number of hydrogen-bond donors (Lipinski definition) is 1. The third-order valence-corrected chi connectivity index (χ3v) is 4.78. The van der Waals surface area contributed by atoms with Crippen LogP contribution in [-0.2, 0) is 10.0 Å². The van der Waals surface area contributed by atoms with Crippen molar-refractivity contribution in [2.24, 2.45) is 0 Å². The predicted octanol–water partition coefficient (Wildman–Crippen LogP) is 1.71. The molecule has 1 N–H and O–H groups in total. The molecule has 0 aromatic heterocycles. The fourth-order valence-electron chi connectivity index (χ4n) is 1.76. The SMILES string of the molecule is CCCN(C)S(=O)(=O)c1ccc(OCCCNC)cc1. The van der Waals surface area contributed by atoms with Crippen molar-refractivity contribution in [2.45, 2.75) is 24.7 Å². The Morgan fingerprint density at radius 1 is 1.25 bits per heavy atom. The first-order valence-corrected chi connectivity index (χ1v) is 8.30. The second-order valence-electron chi connectivity index (χ2n) is 4.60. The van der Waals surface area contributed by atoms with Gasteiger partial charge < -0.3 is 10.1 Å². The molecule has 1 rings (SSSR count). The maximum absolute atomic E-state index is 12.2. The average Bonchev–Trinajstić information content (AvgIpc) is 2.44. The molecular formula is C14H24N2O3S. The summed E-state index contributed by atoms with van der Waals surface area (Å²) in [5.41, 5.74) is 0. The molecule has 0 atom stereocenters. The first-order chi connectivity index (χ1) is 9.52. The Hall–Kier alpha value is -1.11. The summed E-state index contributed by atoms with van der Waals surface area (Å²) in [6.45, 7) is 3.98. The van der Waals surface area contributed by atoms with Gasteiger partial charge in [0.2, 0.25) is 10.0 Å². The van der Waals surface area contributed by atoms with Crippen LogP contribution in [0.1, 0.15) is 19.8 Å². The van der Waals surface area contributed by atoms with Crippen LogP contribution in [0.4, 0.5) is 0 Å². The highest BCUT2D eigenvalue weighted by atomic mass is 32.2. The maximum Gasteiger partial charge on any atom is 0.242 e. The lowest BCUT2D eigenvalue weighted by atomic mass is 10.3. The number of sulfonamides is 1. The van der Waals surface area contributed by atoms with Gasteiger partial charge in [-0.2, -0.15) is 0 Å². The van der Waals surface area contributed by atoms with Gasteiger partial charge in [-0.3, -0.25) is 0 Å². The van der Waals surface area contributed by atoms with E-state index in [2.05, 4.69) is 5.32 Å². The highest BCUT2D eigenvalue weighted by Crippen LogP contribution is 2.19. The minimum atomic E-state index is -3.38. The van der Waals surface area contributed by atoms with E-state index < -0.39 is 10.0 Å². The third-order valence-electron chi connectivity index (χ3n) is 2.91. The minimum Gasteiger partial charge on any atom is -0.494 e. The molecule has 5 nitrogen and oxygen atoms in total. The topological polar surface area (TPSA) is 58.6 Å². The Balaban J connectivity index is 2.66. The van der Waals surface area contributed by atoms with E-state index in [0.717, 1.165) is 19.4 Å². The molecule has 0 saturated heterocycles. The van der Waals surface area contributed by atoms with E-state index in [-0.39, 0.29) is 0 Å². The summed E-state index contributed by atoms with van der Waals surface area (Å²) in [5.74, 6) is 0.693. The van der Waals surface area contributed by atoms with Crippen LogP contribution in [0, 0.1) is 0 Å². The van der Waals surface area contributed by atoms with Gasteiger partial charge in [0, 0.05) is 13.6 Å². The summed E-state index contributed by atoms with van der Waals surface area (Å²) >= 11 is 0. The Labute approximate surface area is 122 Å². The van der Waals surface area contributed by atoms with Crippen LogP contribution in [0.5, 0.6) is 5.75 Å². The number of rotatable bonds is 9. The second-order valence-corrected chi connectivity index (χ2v) is 6.65. The smallest absolute Gasteiger partial charge is 0.242 e. The first-order valence-electron chi connectivity index (χ1n) is 6.86. The van der Waals surface area contributed by atoms with Crippen LogP contribution in [0.15, 0.2) is 29.2 Å². The largest absolute Gasteiger partial charge is 0.494 e. The molecule has 0 amide bonds. The van der Waals surface area contributed by atoms with E-state index in [4.69, 9.17) is 4.74 Å². The molecular weight excluding hydrogens is 276 g/mol. The van der Waals surface area contributed by atoms with Crippen molar-refractivity contribution in [3.05, 3.63) is 24.3 Å². The average molecular weight is 300 g/mol. The van der Waals surface area contributed by atoms with Crippen molar-refractivity contribution in [3.8, 4) is 5.75 Å². The second kappa shape index (κ2) is 8.24. The van der Waals surface area contributed by atoms with E-state index in [1.165, 1.54) is 4.31 Å². The Kier molecular flexibility index (Phi) is 6.98. The lowest BCUT2D eigenvalue weighted by Crippen LogP contribution is -2.27. The van der Waals surface area contributed by atoms with Gasteiger partial charge >= 0.3 is 0 Å². The molecule has 0 saturated carbocycles. The zero-order valence-electron chi connectivity index (χ0n) is 12.4. The van der Waals surface area contributed by atoms with Gasteiger partial charge in [0.15, 0.2) is 0 Å². The van der Waals surface area contributed by atoms with E-state index in [1.54, 1.807) is 31.3 Å². The summed E-state index contributed by atoms with van der Waals surface area (Å²) in [4.78, 5) is 0.302.